The SMILES string of the molecule is CCN1CCN(c2ccc(C[C@H](NC(=O)OC(C)(C)C)C(=O)Nc3ccc(C(=O)OC(C)(C)C)cc3)cc2)C(=O)C1. The molecule has 0 saturated carbocycles. The number of likely N-dealkylation sites (N-methyl/N-ethyl adjacent to an activating group) is 1. The van der Waals surface area contributed by atoms with Crippen molar-refractivity contribution in [2.45, 2.75) is 72.1 Å². The molecule has 1 atom stereocenters. The van der Waals surface area contributed by atoms with E-state index in [-0.39, 0.29) is 12.3 Å². The monoisotopic (exact) mass is 566 g/mol. The van der Waals surface area contributed by atoms with Crippen LogP contribution in [0.5, 0.6) is 0 Å². The average molecular weight is 567 g/mol. The summed E-state index contributed by atoms with van der Waals surface area (Å²) in [4.78, 5) is 54.7. The Morgan fingerprint density at radius 1 is 0.878 bits per heavy atom. The average Bonchev–Trinajstić information content (AvgIpc) is 2.87. The van der Waals surface area contributed by atoms with Crippen molar-refractivity contribution in [3.63, 3.8) is 0 Å². The molecular formula is C31H42N4O6. The molecule has 0 bridgehead atoms. The fourth-order valence-electron chi connectivity index (χ4n) is 4.23. The molecule has 10 heteroatoms. The molecule has 0 unspecified atom stereocenters. The van der Waals surface area contributed by atoms with Crippen LogP contribution in [-0.2, 0) is 25.5 Å². The number of anilines is 2. The third kappa shape index (κ3) is 9.89. The maximum atomic E-state index is 13.3. The van der Waals surface area contributed by atoms with Crippen LogP contribution in [0.15, 0.2) is 48.5 Å². The summed E-state index contributed by atoms with van der Waals surface area (Å²) >= 11 is 0. The fourth-order valence-corrected chi connectivity index (χ4v) is 4.23. The number of alkyl carbamates (subject to hydrolysis) is 1. The van der Waals surface area contributed by atoms with Gasteiger partial charge in [0.2, 0.25) is 11.8 Å². The van der Waals surface area contributed by atoms with E-state index in [4.69, 9.17) is 9.47 Å². The van der Waals surface area contributed by atoms with Gasteiger partial charge in [-0.1, -0.05) is 19.1 Å². The molecule has 1 saturated heterocycles. The quantitative estimate of drug-likeness (QED) is 0.455. The van der Waals surface area contributed by atoms with E-state index in [2.05, 4.69) is 15.5 Å². The number of benzene rings is 2. The molecule has 3 amide bonds. The zero-order chi connectivity index (χ0) is 30.4. The number of hydrogen-bond acceptors (Lipinski definition) is 7. The number of rotatable bonds is 8. The topological polar surface area (TPSA) is 117 Å². The second kappa shape index (κ2) is 13.2. The van der Waals surface area contributed by atoms with Crippen molar-refractivity contribution in [2.24, 2.45) is 0 Å². The minimum Gasteiger partial charge on any atom is -0.456 e. The van der Waals surface area contributed by atoms with Gasteiger partial charge in [0.25, 0.3) is 0 Å². The summed E-state index contributed by atoms with van der Waals surface area (Å²) in [5.74, 6) is -0.861. The number of carbonyl (C=O) groups is 4. The van der Waals surface area contributed by atoms with Gasteiger partial charge in [-0.15, -0.1) is 0 Å². The Morgan fingerprint density at radius 3 is 2.02 bits per heavy atom. The van der Waals surface area contributed by atoms with Gasteiger partial charge in [0, 0.05) is 30.9 Å². The van der Waals surface area contributed by atoms with Crippen LogP contribution in [-0.4, -0.2) is 72.2 Å². The third-order valence-electron chi connectivity index (χ3n) is 6.23. The molecule has 2 aromatic carbocycles. The van der Waals surface area contributed by atoms with Crippen LogP contribution in [0.4, 0.5) is 16.2 Å². The number of esters is 1. The molecule has 1 heterocycles. The van der Waals surface area contributed by atoms with E-state index in [0.717, 1.165) is 24.3 Å². The smallest absolute Gasteiger partial charge is 0.408 e. The maximum absolute atomic E-state index is 13.3. The summed E-state index contributed by atoms with van der Waals surface area (Å²) in [7, 11) is 0. The van der Waals surface area contributed by atoms with E-state index in [1.165, 1.54) is 0 Å². The number of hydrogen-bond donors (Lipinski definition) is 2. The lowest BCUT2D eigenvalue weighted by Crippen LogP contribution is -2.50. The molecule has 0 radical (unpaired) electrons. The molecule has 10 nitrogen and oxygen atoms in total. The Labute approximate surface area is 242 Å². The van der Waals surface area contributed by atoms with Crippen molar-refractivity contribution in [3.05, 3.63) is 59.7 Å². The predicted molar refractivity (Wildman–Crippen MR) is 158 cm³/mol. The van der Waals surface area contributed by atoms with Gasteiger partial charge >= 0.3 is 12.1 Å². The van der Waals surface area contributed by atoms with E-state index < -0.39 is 35.2 Å². The first-order chi connectivity index (χ1) is 19.1. The minimum absolute atomic E-state index is 0.0485. The van der Waals surface area contributed by atoms with Crippen molar-refractivity contribution in [1.29, 1.82) is 0 Å². The van der Waals surface area contributed by atoms with E-state index >= 15 is 0 Å². The molecule has 222 valence electrons. The van der Waals surface area contributed by atoms with Crippen LogP contribution in [0.3, 0.4) is 0 Å². The second-order valence-corrected chi connectivity index (χ2v) is 12.1. The summed E-state index contributed by atoms with van der Waals surface area (Å²) in [5, 5.41) is 5.48. The van der Waals surface area contributed by atoms with E-state index in [0.29, 0.717) is 24.3 Å². The van der Waals surface area contributed by atoms with E-state index in [1.54, 1.807) is 70.7 Å². The fraction of sp³-hybridized carbons (Fsp3) is 0.484. The Bertz CT molecular complexity index is 1230. The number of nitrogens with zero attached hydrogens (tertiary/aromatic N) is 2. The highest BCUT2D eigenvalue weighted by Gasteiger charge is 2.27. The molecule has 0 aliphatic carbocycles. The van der Waals surface area contributed by atoms with Crippen molar-refractivity contribution >= 4 is 35.3 Å². The normalized spacial score (nSPS) is 15.2. The van der Waals surface area contributed by atoms with Gasteiger partial charge in [0.15, 0.2) is 0 Å². The van der Waals surface area contributed by atoms with Gasteiger partial charge in [-0.05, 0) is 90.0 Å². The molecule has 2 aromatic rings. The van der Waals surface area contributed by atoms with Gasteiger partial charge < -0.3 is 25.0 Å². The van der Waals surface area contributed by atoms with E-state index in [1.807, 2.05) is 31.2 Å². The molecule has 1 fully saturated rings. The molecule has 0 spiro atoms. The van der Waals surface area contributed by atoms with Crippen LogP contribution in [0.1, 0.15) is 64.4 Å². The summed E-state index contributed by atoms with van der Waals surface area (Å²) in [6.07, 6.45) is -0.521. The molecular weight excluding hydrogens is 524 g/mol. The van der Waals surface area contributed by atoms with Crippen molar-refractivity contribution in [2.75, 3.05) is 36.4 Å². The molecule has 3 rings (SSSR count). The van der Waals surface area contributed by atoms with Gasteiger partial charge in [0.1, 0.15) is 17.2 Å². The number of ether oxygens (including phenoxy) is 2. The van der Waals surface area contributed by atoms with Crippen LogP contribution in [0, 0.1) is 0 Å². The molecule has 2 N–H and O–H groups in total. The molecule has 41 heavy (non-hydrogen) atoms. The van der Waals surface area contributed by atoms with Crippen LogP contribution in [0.2, 0.25) is 0 Å². The number of amides is 3. The predicted octanol–water partition coefficient (Wildman–Crippen LogP) is 4.38. The maximum Gasteiger partial charge on any atom is 0.408 e. The highest BCUT2D eigenvalue weighted by molar-refractivity contribution is 5.98. The summed E-state index contributed by atoms with van der Waals surface area (Å²) in [6.45, 7) is 15.3. The molecule has 1 aliphatic heterocycles. The van der Waals surface area contributed by atoms with Gasteiger partial charge in [-0.2, -0.15) is 0 Å². The lowest BCUT2D eigenvalue weighted by molar-refractivity contribution is -0.121. The van der Waals surface area contributed by atoms with Crippen LogP contribution >= 0.6 is 0 Å². The summed E-state index contributed by atoms with van der Waals surface area (Å²) in [5.41, 5.74) is 1.04. The number of nitrogens with one attached hydrogen (secondary N) is 2. The lowest BCUT2D eigenvalue weighted by Gasteiger charge is -2.33. The highest BCUT2D eigenvalue weighted by atomic mass is 16.6. The van der Waals surface area contributed by atoms with E-state index in [9.17, 15) is 19.2 Å². The largest absolute Gasteiger partial charge is 0.456 e. The number of piperazine rings is 1. The minimum atomic E-state index is -0.948. The highest BCUT2D eigenvalue weighted by Crippen LogP contribution is 2.20. The first-order valence-corrected chi connectivity index (χ1v) is 13.9. The standard InChI is InChI=1S/C31H42N4O6/c1-8-34-17-18-35(26(36)20-34)24-15-9-21(10-16-24)19-25(33-29(39)41-31(5,6)7)27(37)32-23-13-11-22(12-14-23)28(38)40-30(2,3)4/h9-16,25H,8,17-20H2,1-7H3,(H,32,37)(H,33,39)/t25-/m0/s1. The van der Waals surface area contributed by atoms with Crippen molar-refractivity contribution in [1.82, 2.24) is 10.2 Å². The third-order valence-corrected chi connectivity index (χ3v) is 6.23. The van der Waals surface area contributed by atoms with Crippen molar-refractivity contribution in [3.8, 4) is 0 Å². The lowest BCUT2D eigenvalue weighted by atomic mass is 10.0. The molecule has 0 aromatic heterocycles. The van der Waals surface area contributed by atoms with Gasteiger partial charge in [-0.25, -0.2) is 9.59 Å². The zero-order valence-corrected chi connectivity index (χ0v) is 25.1. The Kier molecular flexibility index (Phi) is 10.1. The van der Waals surface area contributed by atoms with Crippen molar-refractivity contribution < 1.29 is 28.7 Å². The van der Waals surface area contributed by atoms with Gasteiger partial charge in [0.05, 0.1) is 12.1 Å². The summed E-state index contributed by atoms with van der Waals surface area (Å²) in [6, 6.07) is 12.8. The Balaban J connectivity index is 1.72. The first-order valence-electron chi connectivity index (χ1n) is 13.9. The first kappa shape index (κ1) is 31.6. The number of carbonyl (C=O) groups excluding carboxylic acids is 4. The van der Waals surface area contributed by atoms with Gasteiger partial charge in [-0.3, -0.25) is 14.5 Å². The Morgan fingerprint density at radius 2 is 1.49 bits per heavy atom. The Hall–Kier alpha value is -3.92. The molecule has 1 aliphatic rings. The summed E-state index contributed by atoms with van der Waals surface area (Å²) < 4.78 is 10.8. The second-order valence-electron chi connectivity index (χ2n) is 12.1. The van der Waals surface area contributed by atoms with Crippen LogP contribution in [0.25, 0.3) is 0 Å². The van der Waals surface area contributed by atoms with Crippen LogP contribution < -0.4 is 15.5 Å². The zero-order valence-electron chi connectivity index (χ0n) is 25.1.